The van der Waals surface area contributed by atoms with Gasteiger partial charge in [-0.05, 0) is 20.3 Å². The molecule has 1 heterocycles. The van der Waals surface area contributed by atoms with Crippen molar-refractivity contribution in [3.8, 4) is 0 Å². The molecule has 0 radical (unpaired) electrons. The highest BCUT2D eigenvalue weighted by Gasteiger charge is 2.28. The molecule has 2 heteroatoms. The van der Waals surface area contributed by atoms with Crippen LogP contribution in [-0.4, -0.2) is 18.5 Å². The molecule has 0 saturated carbocycles. The van der Waals surface area contributed by atoms with Gasteiger partial charge >= 0.3 is 0 Å². The average Bonchev–Trinajstić information content (AvgIpc) is 2.10. The summed E-state index contributed by atoms with van der Waals surface area (Å²) < 4.78 is 10.7. The summed E-state index contributed by atoms with van der Waals surface area (Å²) in [5.74, 6) is 0. The third-order valence-electron chi connectivity index (χ3n) is 1.70. The van der Waals surface area contributed by atoms with Gasteiger partial charge in [0.2, 0.25) is 0 Å². The largest absolute Gasteiger partial charge is 0.347 e. The quantitative estimate of drug-likeness (QED) is 0.536. The van der Waals surface area contributed by atoms with Crippen LogP contribution in [0.1, 0.15) is 27.2 Å². The van der Waals surface area contributed by atoms with Gasteiger partial charge in [0.15, 0.2) is 6.29 Å². The number of hydrogen-bond acceptors (Lipinski definition) is 2. The standard InChI is InChI=1S/C7H14O2/c1-4-7-5(2)8-6(3)9-7/h5-7H,4H2,1-3H3. The number of ether oxygens (including phenoxy) is 2. The van der Waals surface area contributed by atoms with Gasteiger partial charge in [-0.25, -0.2) is 0 Å². The molecule has 0 spiro atoms. The minimum absolute atomic E-state index is 0.00458. The molecule has 0 aromatic heterocycles. The minimum Gasteiger partial charge on any atom is -0.347 e. The average molecular weight is 130 g/mol. The summed E-state index contributed by atoms with van der Waals surface area (Å²) in [6, 6.07) is 0. The van der Waals surface area contributed by atoms with Gasteiger partial charge in [0.25, 0.3) is 0 Å². The van der Waals surface area contributed by atoms with Crippen molar-refractivity contribution in [3.05, 3.63) is 0 Å². The normalized spacial score (nSPS) is 43.7. The second-order valence-electron chi connectivity index (χ2n) is 2.49. The topological polar surface area (TPSA) is 18.5 Å². The summed E-state index contributed by atoms with van der Waals surface area (Å²) in [6.45, 7) is 6.10. The SMILES string of the molecule is CCC1OC(C)OC1C. The molecule has 3 atom stereocenters. The summed E-state index contributed by atoms with van der Waals surface area (Å²) >= 11 is 0. The van der Waals surface area contributed by atoms with Crippen LogP contribution in [0.15, 0.2) is 0 Å². The molecule has 1 saturated heterocycles. The predicted octanol–water partition coefficient (Wildman–Crippen LogP) is 1.55. The molecule has 1 aliphatic rings. The van der Waals surface area contributed by atoms with Crippen LogP contribution in [0, 0.1) is 0 Å². The van der Waals surface area contributed by atoms with E-state index in [1.807, 2.05) is 6.92 Å². The van der Waals surface area contributed by atoms with E-state index in [-0.39, 0.29) is 12.4 Å². The lowest BCUT2D eigenvalue weighted by Gasteiger charge is -2.07. The lowest BCUT2D eigenvalue weighted by atomic mass is 10.2. The van der Waals surface area contributed by atoms with E-state index in [0.717, 1.165) is 6.42 Å². The Morgan fingerprint density at radius 1 is 1.22 bits per heavy atom. The van der Waals surface area contributed by atoms with Crippen molar-refractivity contribution in [2.24, 2.45) is 0 Å². The summed E-state index contributed by atoms with van der Waals surface area (Å²) in [5.41, 5.74) is 0. The van der Waals surface area contributed by atoms with Crippen molar-refractivity contribution in [2.45, 2.75) is 45.7 Å². The molecule has 1 fully saturated rings. The molecule has 2 nitrogen and oxygen atoms in total. The Labute approximate surface area is 56.2 Å². The lowest BCUT2D eigenvalue weighted by molar-refractivity contribution is -0.0492. The monoisotopic (exact) mass is 130 g/mol. The first kappa shape index (κ1) is 7.03. The van der Waals surface area contributed by atoms with Gasteiger partial charge < -0.3 is 9.47 Å². The second-order valence-corrected chi connectivity index (χ2v) is 2.49. The third kappa shape index (κ3) is 1.43. The molecular weight excluding hydrogens is 116 g/mol. The van der Waals surface area contributed by atoms with E-state index in [1.54, 1.807) is 0 Å². The van der Waals surface area contributed by atoms with Gasteiger partial charge in [0.05, 0.1) is 12.2 Å². The molecule has 0 aromatic rings. The Hall–Kier alpha value is -0.0800. The van der Waals surface area contributed by atoms with Gasteiger partial charge in [-0.3, -0.25) is 0 Å². The van der Waals surface area contributed by atoms with Crippen molar-refractivity contribution < 1.29 is 9.47 Å². The fourth-order valence-electron chi connectivity index (χ4n) is 1.21. The second kappa shape index (κ2) is 2.67. The first-order valence-corrected chi connectivity index (χ1v) is 3.55. The first-order valence-electron chi connectivity index (χ1n) is 3.55. The molecule has 0 aromatic carbocycles. The van der Waals surface area contributed by atoms with Crippen molar-refractivity contribution in [1.82, 2.24) is 0 Å². The Balaban J connectivity index is 2.38. The van der Waals surface area contributed by atoms with Crippen molar-refractivity contribution in [2.75, 3.05) is 0 Å². The van der Waals surface area contributed by atoms with E-state index in [4.69, 9.17) is 9.47 Å². The number of rotatable bonds is 1. The molecule has 1 aliphatic heterocycles. The van der Waals surface area contributed by atoms with Crippen molar-refractivity contribution >= 4 is 0 Å². The molecular formula is C7H14O2. The van der Waals surface area contributed by atoms with Crippen molar-refractivity contribution in [1.29, 1.82) is 0 Å². The zero-order valence-corrected chi connectivity index (χ0v) is 6.26. The van der Waals surface area contributed by atoms with Gasteiger partial charge in [-0.15, -0.1) is 0 Å². The molecule has 0 aliphatic carbocycles. The van der Waals surface area contributed by atoms with Gasteiger partial charge in [-0.1, -0.05) is 6.92 Å². The first-order chi connectivity index (χ1) is 4.24. The fraction of sp³-hybridized carbons (Fsp3) is 1.00. The maximum Gasteiger partial charge on any atom is 0.155 e. The van der Waals surface area contributed by atoms with Crippen LogP contribution in [0.3, 0.4) is 0 Å². The van der Waals surface area contributed by atoms with Crippen LogP contribution in [0.25, 0.3) is 0 Å². The molecule has 0 bridgehead atoms. The van der Waals surface area contributed by atoms with Crippen LogP contribution in [-0.2, 0) is 9.47 Å². The van der Waals surface area contributed by atoms with E-state index in [0.29, 0.717) is 6.10 Å². The molecule has 3 unspecified atom stereocenters. The maximum atomic E-state index is 5.40. The zero-order chi connectivity index (χ0) is 6.85. The zero-order valence-electron chi connectivity index (χ0n) is 6.26. The Bertz CT molecular complexity index is 92.9. The molecule has 0 N–H and O–H groups in total. The summed E-state index contributed by atoms with van der Waals surface area (Å²) in [4.78, 5) is 0. The van der Waals surface area contributed by atoms with E-state index < -0.39 is 0 Å². The van der Waals surface area contributed by atoms with Gasteiger partial charge in [0, 0.05) is 0 Å². The molecule has 1 rings (SSSR count). The highest BCUT2D eigenvalue weighted by molar-refractivity contribution is 4.69. The number of hydrogen-bond donors (Lipinski definition) is 0. The van der Waals surface area contributed by atoms with Crippen LogP contribution in [0.5, 0.6) is 0 Å². The van der Waals surface area contributed by atoms with E-state index in [1.165, 1.54) is 0 Å². The highest BCUT2D eigenvalue weighted by Crippen LogP contribution is 2.19. The predicted molar refractivity (Wildman–Crippen MR) is 35.2 cm³/mol. The van der Waals surface area contributed by atoms with Gasteiger partial charge in [0.1, 0.15) is 0 Å². The summed E-state index contributed by atoms with van der Waals surface area (Å²) in [7, 11) is 0. The van der Waals surface area contributed by atoms with Crippen LogP contribution in [0.4, 0.5) is 0 Å². The fourth-order valence-corrected chi connectivity index (χ4v) is 1.21. The van der Waals surface area contributed by atoms with Crippen LogP contribution < -0.4 is 0 Å². The van der Waals surface area contributed by atoms with Gasteiger partial charge in [-0.2, -0.15) is 0 Å². The van der Waals surface area contributed by atoms with E-state index in [9.17, 15) is 0 Å². The Morgan fingerprint density at radius 3 is 2.11 bits per heavy atom. The summed E-state index contributed by atoms with van der Waals surface area (Å²) in [6.07, 6.45) is 1.65. The highest BCUT2D eigenvalue weighted by atomic mass is 16.7. The van der Waals surface area contributed by atoms with E-state index >= 15 is 0 Å². The minimum atomic E-state index is 0.00458. The van der Waals surface area contributed by atoms with Crippen molar-refractivity contribution in [3.63, 3.8) is 0 Å². The Kier molecular flexibility index (Phi) is 2.09. The smallest absolute Gasteiger partial charge is 0.155 e. The maximum absolute atomic E-state index is 5.40. The molecule has 9 heavy (non-hydrogen) atoms. The lowest BCUT2D eigenvalue weighted by Crippen LogP contribution is -2.17. The third-order valence-corrected chi connectivity index (χ3v) is 1.70. The van der Waals surface area contributed by atoms with Crippen LogP contribution >= 0.6 is 0 Å². The molecule has 0 amide bonds. The summed E-state index contributed by atoms with van der Waals surface area (Å²) in [5, 5.41) is 0. The Morgan fingerprint density at radius 2 is 1.89 bits per heavy atom. The molecule has 54 valence electrons. The van der Waals surface area contributed by atoms with Crippen LogP contribution in [0.2, 0.25) is 0 Å². The van der Waals surface area contributed by atoms with E-state index in [2.05, 4.69) is 13.8 Å².